The number of hydrogen-bond acceptors (Lipinski definition) is 6. The van der Waals surface area contributed by atoms with Gasteiger partial charge in [0, 0.05) is 62.5 Å². The molecule has 1 atom stereocenters. The van der Waals surface area contributed by atoms with Crippen LogP contribution in [0.3, 0.4) is 0 Å². The fourth-order valence-electron chi connectivity index (χ4n) is 3.65. The fourth-order valence-corrected chi connectivity index (χ4v) is 4.54. The van der Waals surface area contributed by atoms with Crippen molar-refractivity contribution in [3.63, 3.8) is 0 Å². The lowest BCUT2D eigenvalue weighted by Crippen LogP contribution is -2.50. The molecule has 4 rings (SSSR count). The molecular weight excluding hydrogens is 310 g/mol. The van der Waals surface area contributed by atoms with Crippen LogP contribution in [0.4, 0.5) is 0 Å². The molecule has 124 valence electrons. The second-order valence-electron chi connectivity index (χ2n) is 6.54. The molecule has 0 bridgehead atoms. The monoisotopic (exact) mass is 333 g/mol. The van der Waals surface area contributed by atoms with E-state index in [0.29, 0.717) is 6.04 Å². The van der Waals surface area contributed by atoms with Crippen molar-refractivity contribution in [3.8, 4) is 0 Å². The summed E-state index contributed by atoms with van der Waals surface area (Å²) in [6.45, 7) is 9.36. The van der Waals surface area contributed by atoms with Crippen LogP contribution in [0, 0.1) is 6.92 Å². The fraction of sp³-hybridized carbons (Fsp3) is 0.625. The van der Waals surface area contributed by atoms with Crippen molar-refractivity contribution >= 4 is 16.3 Å². The third-order valence-corrected chi connectivity index (χ3v) is 5.92. The van der Waals surface area contributed by atoms with Crippen LogP contribution in [0.5, 0.6) is 0 Å². The Morgan fingerprint density at radius 1 is 1.35 bits per heavy atom. The van der Waals surface area contributed by atoms with Crippen molar-refractivity contribution in [1.29, 1.82) is 0 Å². The first kappa shape index (κ1) is 15.3. The molecule has 23 heavy (non-hydrogen) atoms. The van der Waals surface area contributed by atoms with E-state index in [4.69, 9.17) is 0 Å². The van der Waals surface area contributed by atoms with E-state index in [2.05, 4.69) is 20.1 Å². The van der Waals surface area contributed by atoms with E-state index in [0.717, 1.165) is 62.2 Å². The van der Waals surface area contributed by atoms with E-state index in [1.165, 1.54) is 17.8 Å². The molecule has 2 aliphatic heterocycles. The van der Waals surface area contributed by atoms with Gasteiger partial charge in [0.05, 0.1) is 5.69 Å². The summed E-state index contributed by atoms with van der Waals surface area (Å²) in [6, 6.07) is 2.41. The molecule has 4 heterocycles. The average molecular weight is 333 g/mol. The highest BCUT2D eigenvalue weighted by atomic mass is 32.1. The van der Waals surface area contributed by atoms with Crippen molar-refractivity contribution in [1.82, 2.24) is 24.5 Å². The number of aryl methyl sites for hydroxylation is 1. The van der Waals surface area contributed by atoms with Gasteiger partial charge in [0.2, 0.25) is 0 Å². The Balaban J connectivity index is 1.42. The molecule has 0 aliphatic carbocycles. The van der Waals surface area contributed by atoms with Gasteiger partial charge in [0.15, 0.2) is 4.96 Å². The second kappa shape index (κ2) is 6.32. The van der Waals surface area contributed by atoms with Crippen LogP contribution in [0.1, 0.15) is 17.8 Å². The first-order chi connectivity index (χ1) is 11.2. The normalized spacial score (nSPS) is 23.8. The van der Waals surface area contributed by atoms with E-state index >= 15 is 0 Å². The molecule has 2 fully saturated rings. The Bertz CT molecular complexity index is 740. The molecule has 2 aromatic heterocycles. The molecule has 0 spiro atoms. The largest absolute Gasteiger partial charge is 0.315 e. The lowest BCUT2D eigenvalue weighted by Gasteiger charge is -2.37. The zero-order valence-corrected chi connectivity index (χ0v) is 14.3. The Labute approximate surface area is 139 Å². The zero-order valence-electron chi connectivity index (χ0n) is 13.5. The topological polar surface area (TPSA) is 52.9 Å². The van der Waals surface area contributed by atoms with Gasteiger partial charge in [-0.25, -0.2) is 4.98 Å². The van der Waals surface area contributed by atoms with Gasteiger partial charge in [-0.3, -0.25) is 19.0 Å². The Kier molecular flexibility index (Phi) is 4.19. The highest BCUT2D eigenvalue weighted by molar-refractivity contribution is 7.15. The summed E-state index contributed by atoms with van der Waals surface area (Å²) in [5, 5.41) is 5.43. The number of aromatic nitrogens is 2. The molecule has 0 radical (unpaired) electrons. The summed E-state index contributed by atoms with van der Waals surface area (Å²) in [5.74, 6) is 0. The number of piperazine rings is 1. The molecule has 0 amide bonds. The number of nitrogens with one attached hydrogen (secondary N) is 1. The van der Waals surface area contributed by atoms with E-state index in [1.807, 2.05) is 12.3 Å². The van der Waals surface area contributed by atoms with Gasteiger partial charge in [-0.15, -0.1) is 11.3 Å². The zero-order chi connectivity index (χ0) is 15.8. The number of thiazole rings is 1. The van der Waals surface area contributed by atoms with Crippen molar-refractivity contribution in [2.24, 2.45) is 0 Å². The summed E-state index contributed by atoms with van der Waals surface area (Å²) < 4.78 is 1.69. The number of nitrogens with zero attached hydrogens (tertiary/aromatic N) is 4. The average Bonchev–Trinajstić information content (AvgIpc) is 3.18. The Morgan fingerprint density at radius 2 is 2.17 bits per heavy atom. The summed E-state index contributed by atoms with van der Waals surface area (Å²) in [5.41, 5.74) is 1.90. The van der Waals surface area contributed by atoms with Crippen molar-refractivity contribution < 1.29 is 0 Å². The lowest BCUT2D eigenvalue weighted by molar-refractivity contribution is 0.0974. The van der Waals surface area contributed by atoms with Crippen LogP contribution in [0.25, 0.3) is 4.96 Å². The second-order valence-corrected chi connectivity index (χ2v) is 7.38. The maximum absolute atomic E-state index is 12.2. The predicted octanol–water partition coefficient (Wildman–Crippen LogP) is 0.544. The number of hydrogen-bond donors (Lipinski definition) is 1. The van der Waals surface area contributed by atoms with Crippen LogP contribution in [-0.4, -0.2) is 64.5 Å². The van der Waals surface area contributed by atoms with Crippen molar-refractivity contribution in [3.05, 3.63) is 33.2 Å². The predicted molar refractivity (Wildman–Crippen MR) is 92.2 cm³/mol. The van der Waals surface area contributed by atoms with Gasteiger partial charge in [-0.2, -0.15) is 0 Å². The molecular formula is C16H23N5OS. The van der Waals surface area contributed by atoms with Crippen LogP contribution < -0.4 is 10.9 Å². The minimum atomic E-state index is 0.0411. The number of fused-ring (bicyclic) bond motifs is 1. The summed E-state index contributed by atoms with van der Waals surface area (Å²) in [4.78, 5) is 22.7. The van der Waals surface area contributed by atoms with Gasteiger partial charge in [-0.1, -0.05) is 0 Å². The molecule has 6 nitrogen and oxygen atoms in total. The molecule has 2 saturated heterocycles. The summed E-state index contributed by atoms with van der Waals surface area (Å²) in [7, 11) is 0. The van der Waals surface area contributed by atoms with E-state index in [9.17, 15) is 4.79 Å². The maximum atomic E-state index is 12.2. The van der Waals surface area contributed by atoms with Crippen LogP contribution >= 0.6 is 11.3 Å². The Hall–Kier alpha value is -1.28. The van der Waals surface area contributed by atoms with Gasteiger partial charge in [0.25, 0.3) is 5.56 Å². The third-order valence-electron chi connectivity index (χ3n) is 4.97. The van der Waals surface area contributed by atoms with E-state index in [1.54, 1.807) is 10.5 Å². The minimum absolute atomic E-state index is 0.0411. The molecule has 7 heteroatoms. The molecule has 0 saturated carbocycles. The highest BCUT2D eigenvalue weighted by Crippen LogP contribution is 2.15. The molecule has 2 aromatic rings. The first-order valence-electron chi connectivity index (χ1n) is 8.34. The number of rotatable bonds is 3. The molecule has 1 N–H and O–H groups in total. The van der Waals surface area contributed by atoms with Gasteiger partial charge in [-0.05, 0) is 19.9 Å². The summed E-state index contributed by atoms with van der Waals surface area (Å²) >= 11 is 1.54. The summed E-state index contributed by atoms with van der Waals surface area (Å²) in [6.07, 6.45) is 1.27. The van der Waals surface area contributed by atoms with Crippen molar-refractivity contribution in [2.75, 3.05) is 39.3 Å². The van der Waals surface area contributed by atoms with Gasteiger partial charge >= 0.3 is 0 Å². The third kappa shape index (κ3) is 3.06. The quantitative estimate of drug-likeness (QED) is 0.889. The van der Waals surface area contributed by atoms with Crippen LogP contribution in [-0.2, 0) is 6.54 Å². The standard InChI is InChI=1S/C16H23N5OS/c1-12-11-23-16-18-13(8-15(22)21(12)16)10-19-4-6-20(7-5-19)14-2-3-17-9-14/h8,11,14,17H,2-7,9-10H2,1H3. The van der Waals surface area contributed by atoms with E-state index in [-0.39, 0.29) is 5.56 Å². The lowest BCUT2D eigenvalue weighted by atomic mass is 10.2. The van der Waals surface area contributed by atoms with Gasteiger partial charge in [0.1, 0.15) is 0 Å². The van der Waals surface area contributed by atoms with Crippen LogP contribution in [0.2, 0.25) is 0 Å². The van der Waals surface area contributed by atoms with Crippen molar-refractivity contribution in [2.45, 2.75) is 25.9 Å². The Morgan fingerprint density at radius 3 is 2.91 bits per heavy atom. The van der Waals surface area contributed by atoms with Crippen LogP contribution in [0.15, 0.2) is 16.2 Å². The molecule has 2 aliphatic rings. The van der Waals surface area contributed by atoms with E-state index < -0.39 is 0 Å². The molecule has 0 aromatic carbocycles. The smallest absolute Gasteiger partial charge is 0.259 e. The minimum Gasteiger partial charge on any atom is -0.315 e. The van der Waals surface area contributed by atoms with Gasteiger partial charge < -0.3 is 5.32 Å². The first-order valence-corrected chi connectivity index (χ1v) is 9.22. The highest BCUT2D eigenvalue weighted by Gasteiger charge is 2.26. The SMILES string of the molecule is Cc1csc2nc(CN3CCN(C4CCNC4)CC3)cc(=O)n12. The molecule has 1 unspecified atom stereocenters. The maximum Gasteiger partial charge on any atom is 0.259 e.